The van der Waals surface area contributed by atoms with Crippen LogP contribution in [-0.2, 0) is 11.3 Å². The third-order valence-corrected chi connectivity index (χ3v) is 6.20. The van der Waals surface area contributed by atoms with Crippen molar-refractivity contribution in [1.29, 1.82) is 0 Å². The van der Waals surface area contributed by atoms with E-state index in [1.807, 2.05) is 18.6 Å². The van der Waals surface area contributed by atoms with Gasteiger partial charge in [-0.3, -0.25) is 14.5 Å². The molecule has 160 valence electrons. The van der Waals surface area contributed by atoms with Crippen molar-refractivity contribution < 1.29 is 9.21 Å². The van der Waals surface area contributed by atoms with Gasteiger partial charge in [0.05, 0.1) is 15.8 Å². The molecular weight excluding hydrogens is 424 g/mol. The van der Waals surface area contributed by atoms with Crippen molar-refractivity contribution in [1.82, 2.24) is 29.9 Å². The first kappa shape index (κ1) is 20.1. The molecule has 4 aromatic heterocycles. The molecule has 4 heterocycles. The van der Waals surface area contributed by atoms with Crippen molar-refractivity contribution in [2.75, 3.05) is 14.1 Å². The lowest BCUT2D eigenvalue weighted by Crippen LogP contribution is -2.26. The first-order valence-electron chi connectivity index (χ1n) is 9.99. The Labute approximate surface area is 188 Å². The van der Waals surface area contributed by atoms with E-state index in [2.05, 4.69) is 50.6 Å². The quantitative estimate of drug-likeness (QED) is 0.402. The van der Waals surface area contributed by atoms with Crippen molar-refractivity contribution in [2.45, 2.75) is 13.5 Å². The number of nitrogens with zero attached hydrogens (tertiary/aromatic N) is 6. The van der Waals surface area contributed by atoms with Crippen LogP contribution in [0.1, 0.15) is 5.89 Å². The second-order valence-corrected chi connectivity index (χ2v) is 8.71. The van der Waals surface area contributed by atoms with Gasteiger partial charge in [0.15, 0.2) is 0 Å². The van der Waals surface area contributed by atoms with Gasteiger partial charge in [0, 0.05) is 56.1 Å². The molecule has 9 heteroatoms. The number of carbonyl (C=O) groups excluding carboxylic acids is 1. The van der Waals surface area contributed by atoms with Crippen LogP contribution >= 0.6 is 11.3 Å². The zero-order valence-electron chi connectivity index (χ0n) is 17.8. The number of hydrogen-bond acceptors (Lipinski definition) is 7. The predicted octanol–water partition coefficient (Wildman–Crippen LogP) is 4.27. The number of carbonyl (C=O) groups is 1. The van der Waals surface area contributed by atoms with Gasteiger partial charge in [-0.05, 0) is 17.2 Å². The molecule has 5 rings (SSSR count). The molecule has 0 N–H and O–H groups in total. The number of aromatic nitrogens is 5. The van der Waals surface area contributed by atoms with Crippen LogP contribution in [0, 0.1) is 6.92 Å². The van der Waals surface area contributed by atoms with E-state index < -0.39 is 0 Å². The third kappa shape index (κ3) is 3.78. The Hall–Kier alpha value is -3.85. The van der Waals surface area contributed by atoms with E-state index in [0.29, 0.717) is 11.8 Å². The summed E-state index contributed by atoms with van der Waals surface area (Å²) < 4.78 is 8.30. The minimum absolute atomic E-state index is 0.00131. The van der Waals surface area contributed by atoms with Crippen LogP contribution < -0.4 is 0 Å². The smallest absolute Gasteiger partial charge is 0.257 e. The molecule has 0 saturated heterocycles. The van der Waals surface area contributed by atoms with Gasteiger partial charge in [-0.1, -0.05) is 24.3 Å². The largest absolute Gasteiger partial charge is 0.420 e. The Morgan fingerprint density at radius 3 is 2.56 bits per heavy atom. The highest BCUT2D eigenvalue weighted by atomic mass is 32.1. The summed E-state index contributed by atoms with van der Waals surface area (Å²) in [6, 6.07) is 10.3. The minimum Gasteiger partial charge on any atom is -0.420 e. The normalized spacial score (nSPS) is 11.2. The Kier molecular flexibility index (Phi) is 5.02. The van der Waals surface area contributed by atoms with Gasteiger partial charge in [0.2, 0.25) is 11.8 Å². The summed E-state index contributed by atoms with van der Waals surface area (Å²) in [4.78, 5) is 18.8. The maximum absolute atomic E-state index is 11.9. The molecule has 0 fully saturated rings. The fraction of sp³-hybridized carbons (Fsp3) is 0.174. The Bertz CT molecular complexity index is 1410. The minimum atomic E-state index is 0.00131. The van der Waals surface area contributed by atoms with Crippen molar-refractivity contribution in [2.24, 2.45) is 0 Å². The summed E-state index contributed by atoms with van der Waals surface area (Å²) in [6.07, 6.45) is 7.39. The first-order valence-corrected chi connectivity index (χ1v) is 10.8. The Balaban J connectivity index is 1.44. The fourth-order valence-corrected chi connectivity index (χ4v) is 4.39. The van der Waals surface area contributed by atoms with E-state index in [1.54, 1.807) is 48.1 Å². The summed E-state index contributed by atoms with van der Waals surface area (Å²) in [6.45, 7) is 2.00. The van der Waals surface area contributed by atoms with E-state index in [1.165, 1.54) is 0 Å². The van der Waals surface area contributed by atoms with Crippen LogP contribution in [0.25, 0.3) is 43.1 Å². The maximum atomic E-state index is 11.9. The predicted molar refractivity (Wildman–Crippen MR) is 123 cm³/mol. The first-order chi connectivity index (χ1) is 15.5. The van der Waals surface area contributed by atoms with Crippen LogP contribution in [0.15, 0.2) is 59.5 Å². The number of rotatable bonds is 5. The van der Waals surface area contributed by atoms with Gasteiger partial charge in [0.1, 0.15) is 6.54 Å². The molecular formula is C23H20N6O2S. The van der Waals surface area contributed by atoms with Crippen molar-refractivity contribution in [3.05, 3.63) is 61.0 Å². The lowest BCUT2D eigenvalue weighted by Gasteiger charge is -2.09. The topological polar surface area (TPSA) is 89.9 Å². The average Bonchev–Trinajstić information content (AvgIpc) is 3.52. The maximum Gasteiger partial charge on any atom is 0.257 e. The highest BCUT2D eigenvalue weighted by molar-refractivity contribution is 7.22. The van der Waals surface area contributed by atoms with E-state index in [4.69, 9.17) is 4.42 Å². The van der Waals surface area contributed by atoms with Gasteiger partial charge in [0.25, 0.3) is 5.89 Å². The fourth-order valence-electron chi connectivity index (χ4n) is 3.41. The van der Waals surface area contributed by atoms with Gasteiger partial charge >= 0.3 is 0 Å². The monoisotopic (exact) mass is 444 g/mol. The van der Waals surface area contributed by atoms with Gasteiger partial charge < -0.3 is 9.32 Å². The number of amides is 1. The van der Waals surface area contributed by atoms with Crippen LogP contribution in [-0.4, -0.2) is 49.9 Å². The van der Waals surface area contributed by atoms with E-state index in [9.17, 15) is 4.79 Å². The molecule has 0 aliphatic heterocycles. The summed E-state index contributed by atoms with van der Waals surface area (Å²) >= 11 is 1.58. The standard InChI is InChI=1S/C23H20N6O2S/c1-14-26-27-23(31-14)20-8-18-19(10-24-11-21(18)32-20)16-6-4-15(5-7-16)17-9-25-29(12-17)13-22(30)28(2)3/h4-12H,13H2,1-3H3. The molecule has 0 aliphatic rings. The molecule has 5 aromatic rings. The molecule has 0 spiro atoms. The summed E-state index contributed by atoms with van der Waals surface area (Å²) in [5.74, 6) is 1.07. The van der Waals surface area contributed by atoms with E-state index >= 15 is 0 Å². The van der Waals surface area contributed by atoms with E-state index in [-0.39, 0.29) is 12.5 Å². The number of benzene rings is 1. The van der Waals surface area contributed by atoms with Crippen molar-refractivity contribution >= 4 is 27.3 Å². The number of pyridine rings is 1. The van der Waals surface area contributed by atoms with E-state index in [0.717, 1.165) is 37.2 Å². The van der Waals surface area contributed by atoms with Gasteiger partial charge in [-0.25, -0.2) is 0 Å². The van der Waals surface area contributed by atoms with Gasteiger partial charge in [-0.15, -0.1) is 21.5 Å². The summed E-state index contributed by atoms with van der Waals surface area (Å²) in [5, 5.41) is 13.5. The lowest BCUT2D eigenvalue weighted by molar-refractivity contribution is -0.129. The molecule has 32 heavy (non-hydrogen) atoms. The molecule has 0 atom stereocenters. The molecule has 1 amide bonds. The number of aryl methyl sites for hydroxylation is 1. The average molecular weight is 445 g/mol. The number of likely N-dealkylation sites (N-methyl/N-ethyl adjacent to an activating group) is 1. The highest BCUT2D eigenvalue weighted by Gasteiger charge is 2.14. The number of fused-ring (bicyclic) bond motifs is 1. The van der Waals surface area contributed by atoms with Crippen molar-refractivity contribution in [3.63, 3.8) is 0 Å². The molecule has 1 aromatic carbocycles. The Morgan fingerprint density at radius 2 is 1.84 bits per heavy atom. The summed E-state index contributed by atoms with van der Waals surface area (Å²) in [7, 11) is 3.47. The van der Waals surface area contributed by atoms with Crippen LogP contribution in [0.2, 0.25) is 0 Å². The van der Waals surface area contributed by atoms with Crippen molar-refractivity contribution in [3.8, 4) is 33.0 Å². The van der Waals surface area contributed by atoms with Crippen LogP contribution in [0.4, 0.5) is 0 Å². The Morgan fingerprint density at radius 1 is 1.06 bits per heavy atom. The van der Waals surface area contributed by atoms with Crippen LogP contribution in [0.5, 0.6) is 0 Å². The van der Waals surface area contributed by atoms with Crippen LogP contribution in [0.3, 0.4) is 0 Å². The zero-order chi connectivity index (χ0) is 22.2. The highest BCUT2D eigenvalue weighted by Crippen LogP contribution is 2.38. The molecule has 0 unspecified atom stereocenters. The summed E-state index contributed by atoms with van der Waals surface area (Å²) in [5.41, 5.74) is 4.10. The number of thiophene rings is 1. The SMILES string of the molecule is Cc1nnc(-c2cc3c(-c4ccc(-c5cnn(CC(=O)N(C)C)c5)cc4)cncc3s2)o1. The zero-order valence-corrected chi connectivity index (χ0v) is 18.6. The van der Waals surface area contributed by atoms with Gasteiger partial charge in [-0.2, -0.15) is 5.10 Å². The molecule has 8 nitrogen and oxygen atoms in total. The third-order valence-electron chi connectivity index (χ3n) is 5.14. The molecule has 0 saturated carbocycles. The molecule has 0 aliphatic carbocycles. The molecule has 0 radical (unpaired) electrons. The second-order valence-electron chi connectivity index (χ2n) is 7.63. The lowest BCUT2D eigenvalue weighted by atomic mass is 10.0. The molecule has 0 bridgehead atoms. The second kappa shape index (κ2) is 8.01. The number of hydrogen-bond donors (Lipinski definition) is 0.